The Morgan fingerprint density at radius 2 is 2.28 bits per heavy atom. The molecule has 1 aliphatic heterocycles. The summed E-state index contributed by atoms with van der Waals surface area (Å²) in [5.74, 6) is 0.0412. The number of thiophene rings is 1. The average Bonchev–Trinajstić information content (AvgIpc) is 2.95. The summed E-state index contributed by atoms with van der Waals surface area (Å²) >= 11 is 3.77. The first kappa shape index (κ1) is 13.8. The van der Waals surface area contributed by atoms with E-state index in [4.69, 9.17) is 0 Å². The van der Waals surface area contributed by atoms with Crippen molar-refractivity contribution in [3.63, 3.8) is 0 Å². The SMILES string of the molecule is CNC(=O)C1(C)CCN(C(=O)c2csc(I)c2)C1. The molecule has 2 amide bonds. The molecule has 1 saturated heterocycles. The molecule has 18 heavy (non-hydrogen) atoms. The van der Waals surface area contributed by atoms with Crippen LogP contribution in [0.15, 0.2) is 11.4 Å². The summed E-state index contributed by atoms with van der Waals surface area (Å²) in [5.41, 5.74) is 0.277. The zero-order valence-corrected chi connectivity index (χ0v) is 13.3. The van der Waals surface area contributed by atoms with E-state index in [9.17, 15) is 9.59 Å². The van der Waals surface area contributed by atoms with Crippen LogP contribution in [0.3, 0.4) is 0 Å². The zero-order chi connectivity index (χ0) is 13.3. The molecule has 6 heteroatoms. The van der Waals surface area contributed by atoms with E-state index in [0.717, 1.165) is 14.9 Å². The molecule has 1 aromatic rings. The summed E-state index contributed by atoms with van der Waals surface area (Å²) in [7, 11) is 1.64. The first-order valence-electron chi connectivity index (χ1n) is 5.72. The first-order valence-corrected chi connectivity index (χ1v) is 7.67. The minimum absolute atomic E-state index is 0.0118. The van der Waals surface area contributed by atoms with Crippen LogP contribution in [-0.2, 0) is 4.79 Å². The van der Waals surface area contributed by atoms with Crippen LogP contribution in [0.25, 0.3) is 0 Å². The van der Waals surface area contributed by atoms with Crippen molar-refractivity contribution in [2.24, 2.45) is 5.41 Å². The van der Waals surface area contributed by atoms with Gasteiger partial charge in [-0.25, -0.2) is 0 Å². The Hall–Kier alpha value is -0.630. The Labute approximate surface area is 124 Å². The first-order chi connectivity index (χ1) is 8.46. The van der Waals surface area contributed by atoms with Crippen molar-refractivity contribution < 1.29 is 9.59 Å². The van der Waals surface area contributed by atoms with Crippen molar-refractivity contribution in [2.75, 3.05) is 20.1 Å². The third kappa shape index (κ3) is 2.54. The van der Waals surface area contributed by atoms with E-state index in [-0.39, 0.29) is 11.8 Å². The second-order valence-electron chi connectivity index (χ2n) is 4.76. The molecule has 0 aliphatic carbocycles. The van der Waals surface area contributed by atoms with Crippen molar-refractivity contribution in [1.29, 1.82) is 0 Å². The highest BCUT2D eigenvalue weighted by molar-refractivity contribution is 14.1. The molecule has 2 heterocycles. The van der Waals surface area contributed by atoms with Gasteiger partial charge in [0.1, 0.15) is 0 Å². The summed E-state index contributed by atoms with van der Waals surface area (Å²) in [6.07, 6.45) is 0.722. The fourth-order valence-corrected chi connectivity index (χ4v) is 3.55. The quantitative estimate of drug-likeness (QED) is 0.800. The van der Waals surface area contributed by atoms with Crippen LogP contribution in [0.1, 0.15) is 23.7 Å². The third-order valence-corrected chi connectivity index (χ3v) is 5.14. The van der Waals surface area contributed by atoms with Crippen molar-refractivity contribution >= 4 is 45.7 Å². The highest BCUT2D eigenvalue weighted by Gasteiger charge is 2.41. The molecule has 1 aromatic heterocycles. The number of halogens is 1. The fraction of sp³-hybridized carbons (Fsp3) is 0.500. The van der Waals surface area contributed by atoms with Gasteiger partial charge < -0.3 is 10.2 Å². The zero-order valence-electron chi connectivity index (χ0n) is 10.3. The summed E-state index contributed by atoms with van der Waals surface area (Å²) in [6, 6.07) is 1.89. The molecule has 4 nitrogen and oxygen atoms in total. The van der Waals surface area contributed by atoms with E-state index in [2.05, 4.69) is 27.9 Å². The Morgan fingerprint density at radius 3 is 2.83 bits per heavy atom. The second-order valence-corrected chi connectivity index (χ2v) is 7.56. The number of nitrogens with one attached hydrogen (secondary N) is 1. The molecule has 98 valence electrons. The molecule has 0 saturated carbocycles. The van der Waals surface area contributed by atoms with E-state index in [1.165, 1.54) is 0 Å². The van der Waals surface area contributed by atoms with Gasteiger partial charge in [-0.3, -0.25) is 9.59 Å². The Bertz CT molecular complexity index is 488. The van der Waals surface area contributed by atoms with Gasteiger partial charge in [-0.2, -0.15) is 0 Å². The third-order valence-electron chi connectivity index (χ3n) is 3.35. The number of carbonyl (C=O) groups excluding carboxylic acids is 2. The standard InChI is InChI=1S/C12H15IN2O2S/c1-12(11(17)14-2)3-4-15(7-12)10(16)8-5-9(13)18-6-8/h5-6H,3-4,7H2,1-2H3,(H,14,17). The lowest BCUT2D eigenvalue weighted by Gasteiger charge is -2.22. The molecule has 2 rings (SSSR count). The monoisotopic (exact) mass is 378 g/mol. The fourth-order valence-electron chi connectivity index (χ4n) is 2.23. The lowest BCUT2D eigenvalue weighted by atomic mass is 9.89. The topological polar surface area (TPSA) is 49.4 Å². The molecule has 1 atom stereocenters. The number of nitrogens with zero attached hydrogens (tertiary/aromatic N) is 1. The van der Waals surface area contributed by atoms with Crippen LogP contribution < -0.4 is 5.32 Å². The van der Waals surface area contributed by atoms with Crippen LogP contribution in [0.5, 0.6) is 0 Å². The summed E-state index contributed by atoms with van der Waals surface area (Å²) in [6.45, 7) is 3.06. The van der Waals surface area contributed by atoms with Gasteiger partial charge in [0, 0.05) is 25.5 Å². The predicted octanol–water partition coefficient (Wildman–Crippen LogP) is 1.95. The highest BCUT2D eigenvalue weighted by Crippen LogP contribution is 2.31. The minimum Gasteiger partial charge on any atom is -0.359 e. The number of hydrogen-bond donors (Lipinski definition) is 1. The maximum atomic E-state index is 12.3. The molecule has 1 unspecified atom stereocenters. The Morgan fingerprint density at radius 1 is 1.56 bits per heavy atom. The largest absolute Gasteiger partial charge is 0.359 e. The Kier molecular flexibility index (Phi) is 3.96. The lowest BCUT2D eigenvalue weighted by molar-refractivity contribution is -0.128. The predicted molar refractivity (Wildman–Crippen MR) is 79.7 cm³/mol. The van der Waals surface area contributed by atoms with Crippen LogP contribution in [0.4, 0.5) is 0 Å². The van der Waals surface area contributed by atoms with Crippen LogP contribution in [0, 0.1) is 8.30 Å². The molecule has 0 bridgehead atoms. The van der Waals surface area contributed by atoms with Gasteiger partial charge in [-0.15, -0.1) is 11.3 Å². The second kappa shape index (κ2) is 5.16. The number of hydrogen-bond acceptors (Lipinski definition) is 3. The molecule has 0 aromatic carbocycles. The normalized spacial score (nSPS) is 23.2. The van der Waals surface area contributed by atoms with Crippen LogP contribution in [-0.4, -0.2) is 36.9 Å². The average molecular weight is 378 g/mol. The molecular weight excluding hydrogens is 363 g/mol. The van der Waals surface area contributed by atoms with E-state index in [1.807, 2.05) is 18.4 Å². The number of carbonyl (C=O) groups is 2. The van der Waals surface area contributed by atoms with Gasteiger partial charge in [0.2, 0.25) is 5.91 Å². The molecule has 1 N–H and O–H groups in total. The molecule has 1 aliphatic rings. The van der Waals surface area contributed by atoms with Gasteiger partial charge in [-0.05, 0) is 42.0 Å². The molecule has 1 fully saturated rings. The van der Waals surface area contributed by atoms with Crippen LogP contribution >= 0.6 is 33.9 Å². The maximum absolute atomic E-state index is 12.3. The number of rotatable bonds is 2. The van der Waals surface area contributed by atoms with Gasteiger partial charge in [0.15, 0.2) is 0 Å². The molecule has 0 spiro atoms. The summed E-state index contributed by atoms with van der Waals surface area (Å²) in [5, 5.41) is 4.55. The van der Waals surface area contributed by atoms with Gasteiger partial charge in [-0.1, -0.05) is 0 Å². The molecule has 0 radical (unpaired) electrons. The Balaban J connectivity index is 2.09. The van der Waals surface area contributed by atoms with Crippen molar-refractivity contribution in [1.82, 2.24) is 10.2 Å². The summed E-state index contributed by atoms with van der Waals surface area (Å²) in [4.78, 5) is 25.8. The number of likely N-dealkylation sites (tertiary alicyclic amines) is 1. The lowest BCUT2D eigenvalue weighted by Crippen LogP contribution is -2.40. The van der Waals surface area contributed by atoms with Gasteiger partial charge in [0.25, 0.3) is 5.91 Å². The number of amides is 2. The highest BCUT2D eigenvalue weighted by atomic mass is 127. The van der Waals surface area contributed by atoms with Crippen LogP contribution in [0.2, 0.25) is 0 Å². The van der Waals surface area contributed by atoms with E-state index in [1.54, 1.807) is 23.3 Å². The van der Waals surface area contributed by atoms with Gasteiger partial charge >= 0.3 is 0 Å². The minimum atomic E-state index is -0.451. The van der Waals surface area contributed by atoms with Crippen molar-refractivity contribution in [3.05, 3.63) is 19.9 Å². The van der Waals surface area contributed by atoms with E-state index < -0.39 is 5.41 Å². The summed E-state index contributed by atoms with van der Waals surface area (Å²) < 4.78 is 1.10. The molecular formula is C12H15IN2O2S. The van der Waals surface area contributed by atoms with E-state index >= 15 is 0 Å². The van der Waals surface area contributed by atoms with Crippen molar-refractivity contribution in [2.45, 2.75) is 13.3 Å². The van der Waals surface area contributed by atoms with Crippen molar-refractivity contribution in [3.8, 4) is 0 Å². The van der Waals surface area contributed by atoms with Gasteiger partial charge in [0.05, 0.1) is 13.9 Å². The van der Waals surface area contributed by atoms with E-state index in [0.29, 0.717) is 13.1 Å². The maximum Gasteiger partial charge on any atom is 0.254 e. The smallest absolute Gasteiger partial charge is 0.254 e.